The molecule has 0 fully saturated rings. The molecule has 0 bridgehead atoms. The standard InChI is InChI=1S/C28H36N2O4S2/c1-22-15-18-35-26(22)20-29(19-23-9-7-6-8-10-23)27(31)21-30(16-17-34-5)36(32,33)25-13-11-24(12-14-25)28(2,3)4/h6-15,18H,16-17,19-21H2,1-5H3. The maximum atomic E-state index is 13.6. The average molecular weight is 529 g/mol. The van der Waals surface area contributed by atoms with Gasteiger partial charge in [-0.2, -0.15) is 4.31 Å². The van der Waals surface area contributed by atoms with Crippen molar-refractivity contribution in [2.45, 2.75) is 51.1 Å². The molecule has 0 radical (unpaired) electrons. The number of sulfonamides is 1. The summed E-state index contributed by atoms with van der Waals surface area (Å²) in [7, 11) is -2.38. The van der Waals surface area contributed by atoms with Crippen LogP contribution in [-0.2, 0) is 38.1 Å². The Morgan fingerprint density at radius 1 is 0.972 bits per heavy atom. The van der Waals surface area contributed by atoms with E-state index >= 15 is 0 Å². The van der Waals surface area contributed by atoms with Crippen molar-refractivity contribution in [3.63, 3.8) is 0 Å². The predicted octanol–water partition coefficient (Wildman–Crippen LogP) is 5.22. The molecule has 0 spiro atoms. The van der Waals surface area contributed by atoms with E-state index in [2.05, 4.69) is 20.8 Å². The number of benzene rings is 2. The third kappa shape index (κ3) is 7.26. The molecule has 3 rings (SSSR count). The molecule has 6 nitrogen and oxygen atoms in total. The van der Waals surface area contributed by atoms with E-state index in [0.29, 0.717) is 13.1 Å². The molecule has 0 saturated carbocycles. The highest BCUT2D eigenvalue weighted by Crippen LogP contribution is 2.25. The fraction of sp³-hybridized carbons (Fsp3) is 0.393. The van der Waals surface area contributed by atoms with Crippen LogP contribution in [0, 0.1) is 6.92 Å². The second kappa shape index (κ2) is 12.1. The fourth-order valence-electron chi connectivity index (χ4n) is 3.78. The topological polar surface area (TPSA) is 66.9 Å². The molecule has 0 aliphatic rings. The van der Waals surface area contributed by atoms with Crippen LogP contribution in [-0.4, -0.2) is 50.3 Å². The number of thiophene rings is 1. The molecular formula is C28H36N2O4S2. The number of hydrogen-bond acceptors (Lipinski definition) is 5. The molecule has 36 heavy (non-hydrogen) atoms. The number of carbonyl (C=O) groups excluding carboxylic acids is 1. The van der Waals surface area contributed by atoms with E-state index in [1.807, 2.05) is 60.8 Å². The van der Waals surface area contributed by atoms with Crippen molar-refractivity contribution in [1.29, 1.82) is 0 Å². The van der Waals surface area contributed by atoms with Gasteiger partial charge in [-0.15, -0.1) is 11.3 Å². The summed E-state index contributed by atoms with van der Waals surface area (Å²) in [6, 6.07) is 18.7. The molecule has 3 aromatic rings. The number of hydrogen-bond donors (Lipinski definition) is 0. The van der Waals surface area contributed by atoms with Gasteiger partial charge in [0.15, 0.2) is 0 Å². The largest absolute Gasteiger partial charge is 0.383 e. The summed E-state index contributed by atoms with van der Waals surface area (Å²) >= 11 is 1.60. The van der Waals surface area contributed by atoms with E-state index in [1.165, 1.54) is 11.4 Å². The average Bonchev–Trinajstić information content (AvgIpc) is 3.25. The van der Waals surface area contributed by atoms with Crippen molar-refractivity contribution in [3.8, 4) is 0 Å². The predicted molar refractivity (Wildman–Crippen MR) is 146 cm³/mol. The Bertz CT molecular complexity index is 1230. The molecular weight excluding hydrogens is 492 g/mol. The second-order valence-electron chi connectivity index (χ2n) is 9.87. The Kier molecular flexibility index (Phi) is 9.47. The Morgan fingerprint density at radius 3 is 2.19 bits per heavy atom. The summed E-state index contributed by atoms with van der Waals surface area (Å²) in [4.78, 5) is 16.6. The maximum absolute atomic E-state index is 13.6. The minimum atomic E-state index is -3.90. The van der Waals surface area contributed by atoms with Crippen LogP contribution < -0.4 is 0 Å². The summed E-state index contributed by atoms with van der Waals surface area (Å²) in [6.07, 6.45) is 0. The van der Waals surface area contributed by atoms with Crippen molar-refractivity contribution in [2.24, 2.45) is 0 Å². The zero-order valence-corrected chi connectivity index (χ0v) is 23.4. The lowest BCUT2D eigenvalue weighted by Gasteiger charge is -2.27. The summed E-state index contributed by atoms with van der Waals surface area (Å²) < 4.78 is 33.6. The molecule has 0 atom stereocenters. The lowest BCUT2D eigenvalue weighted by molar-refractivity contribution is -0.132. The van der Waals surface area contributed by atoms with E-state index in [-0.39, 0.29) is 35.9 Å². The Balaban J connectivity index is 1.87. The smallest absolute Gasteiger partial charge is 0.243 e. The first-order chi connectivity index (χ1) is 17.0. The summed E-state index contributed by atoms with van der Waals surface area (Å²) in [6.45, 7) is 9.10. The summed E-state index contributed by atoms with van der Waals surface area (Å²) in [5, 5.41) is 2.01. The zero-order chi connectivity index (χ0) is 26.3. The molecule has 0 unspecified atom stereocenters. The monoisotopic (exact) mass is 528 g/mol. The van der Waals surface area contributed by atoms with Gasteiger partial charge in [0.05, 0.1) is 24.6 Å². The maximum Gasteiger partial charge on any atom is 0.243 e. The van der Waals surface area contributed by atoms with E-state index in [0.717, 1.165) is 21.6 Å². The van der Waals surface area contributed by atoms with Gasteiger partial charge in [-0.05, 0) is 52.6 Å². The quantitative estimate of drug-likeness (QED) is 0.342. The second-order valence-corrected chi connectivity index (χ2v) is 12.8. The van der Waals surface area contributed by atoms with Crippen molar-refractivity contribution >= 4 is 27.3 Å². The lowest BCUT2D eigenvalue weighted by atomic mass is 9.87. The van der Waals surface area contributed by atoms with Gasteiger partial charge >= 0.3 is 0 Å². The van der Waals surface area contributed by atoms with Gasteiger partial charge in [-0.1, -0.05) is 63.2 Å². The van der Waals surface area contributed by atoms with Gasteiger partial charge in [0, 0.05) is 25.1 Å². The summed E-state index contributed by atoms with van der Waals surface area (Å²) in [5.74, 6) is -0.252. The van der Waals surface area contributed by atoms with Crippen LogP contribution in [0.2, 0.25) is 0 Å². The third-order valence-corrected chi connectivity index (χ3v) is 8.95. The van der Waals surface area contributed by atoms with Crippen LogP contribution >= 0.6 is 11.3 Å². The van der Waals surface area contributed by atoms with E-state index in [1.54, 1.807) is 28.4 Å². The van der Waals surface area contributed by atoms with Crippen LogP contribution in [0.4, 0.5) is 0 Å². The molecule has 1 amide bonds. The molecule has 8 heteroatoms. The van der Waals surface area contributed by atoms with Crippen LogP contribution in [0.5, 0.6) is 0 Å². The molecule has 0 aliphatic carbocycles. The first-order valence-electron chi connectivity index (χ1n) is 12.0. The van der Waals surface area contributed by atoms with Gasteiger partial charge < -0.3 is 9.64 Å². The fourth-order valence-corrected chi connectivity index (χ4v) is 6.07. The van der Waals surface area contributed by atoms with E-state index in [9.17, 15) is 13.2 Å². The lowest BCUT2D eigenvalue weighted by Crippen LogP contribution is -2.43. The van der Waals surface area contributed by atoms with Crippen LogP contribution in [0.3, 0.4) is 0 Å². The van der Waals surface area contributed by atoms with Gasteiger partial charge in [-0.25, -0.2) is 8.42 Å². The molecule has 0 N–H and O–H groups in total. The van der Waals surface area contributed by atoms with Crippen molar-refractivity contribution in [3.05, 3.63) is 87.6 Å². The Labute approximate surface area is 219 Å². The number of nitrogens with zero attached hydrogens (tertiary/aromatic N) is 2. The molecule has 1 heterocycles. The van der Waals surface area contributed by atoms with Crippen molar-refractivity contribution in [2.75, 3.05) is 26.8 Å². The number of carbonyl (C=O) groups is 1. The first kappa shape index (κ1) is 28.1. The first-order valence-corrected chi connectivity index (χ1v) is 14.3. The SMILES string of the molecule is COCCN(CC(=O)N(Cc1ccccc1)Cc1sccc1C)S(=O)(=O)c1ccc(C(C)(C)C)cc1. The molecule has 0 saturated heterocycles. The van der Waals surface area contributed by atoms with E-state index < -0.39 is 10.0 Å². The molecule has 2 aromatic carbocycles. The number of amides is 1. The number of rotatable bonds is 11. The van der Waals surface area contributed by atoms with Gasteiger partial charge in [0.2, 0.25) is 15.9 Å². The van der Waals surface area contributed by atoms with Crippen LogP contribution in [0.15, 0.2) is 70.9 Å². The molecule has 194 valence electrons. The van der Waals surface area contributed by atoms with Gasteiger partial charge in [0.1, 0.15) is 0 Å². The highest BCUT2D eigenvalue weighted by atomic mass is 32.2. The highest BCUT2D eigenvalue weighted by Gasteiger charge is 2.29. The van der Waals surface area contributed by atoms with Crippen molar-refractivity contribution in [1.82, 2.24) is 9.21 Å². The third-order valence-electron chi connectivity index (χ3n) is 6.09. The minimum absolute atomic E-state index is 0.0861. The van der Waals surface area contributed by atoms with Crippen molar-refractivity contribution < 1.29 is 17.9 Å². The Morgan fingerprint density at radius 2 is 1.64 bits per heavy atom. The summed E-state index contributed by atoms with van der Waals surface area (Å²) in [5.41, 5.74) is 3.06. The number of methoxy groups -OCH3 is 1. The molecule has 0 aliphatic heterocycles. The minimum Gasteiger partial charge on any atom is -0.383 e. The zero-order valence-electron chi connectivity index (χ0n) is 21.7. The van der Waals surface area contributed by atoms with E-state index in [4.69, 9.17) is 4.74 Å². The highest BCUT2D eigenvalue weighted by molar-refractivity contribution is 7.89. The van der Waals surface area contributed by atoms with Crippen LogP contribution in [0.1, 0.15) is 42.3 Å². The number of ether oxygens (including phenoxy) is 1. The molecule has 1 aromatic heterocycles. The Hall–Kier alpha value is -2.52. The normalized spacial score (nSPS) is 12.2. The number of aryl methyl sites for hydroxylation is 1. The van der Waals surface area contributed by atoms with Gasteiger partial charge in [0.25, 0.3) is 0 Å². The van der Waals surface area contributed by atoms with Crippen LogP contribution in [0.25, 0.3) is 0 Å². The van der Waals surface area contributed by atoms with Gasteiger partial charge in [-0.3, -0.25) is 4.79 Å².